The quantitative estimate of drug-likeness (QED) is 0.383. The van der Waals surface area contributed by atoms with Gasteiger partial charge in [0.05, 0.1) is 24.8 Å². The number of nitrogens with one attached hydrogen (secondary N) is 1. The van der Waals surface area contributed by atoms with Crippen LogP contribution in [0.3, 0.4) is 0 Å². The second kappa shape index (κ2) is 11.2. The minimum atomic E-state index is -3.93. The number of carbonyl (C=O) groups is 2. The second-order valence-electron chi connectivity index (χ2n) is 6.97. The number of halogens is 1. The molecule has 0 aliphatic carbocycles. The average Bonchev–Trinajstić information content (AvgIpc) is 2.83. The van der Waals surface area contributed by atoms with Gasteiger partial charge in [-0.3, -0.25) is 4.72 Å². The van der Waals surface area contributed by atoms with E-state index >= 15 is 0 Å². The zero-order chi connectivity index (χ0) is 24.7. The van der Waals surface area contributed by atoms with E-state index in [1.54, 1.807) is 43.3 Å². The number of methoxy groups -OCH3 is 1. The van der Waals surface area contributed by atoms with Gasteiger partial charge in [-0.1, -0.05) is 28.1 Å². The van der Waals surface area contributed by atoms with Crippen molar-refractivity contribution < 1.29 is 32.2 Å². The van der Waals surface area contributed by atoms with Gasteiger partial charge in [0.2, 0.25) is 0 Å². The molecule has 0 aromatic heterocycles. The van der Waals surface area contributed by atoms with Crippen LogP contribution in [0.25, 0.3) is 0 Å². The van der Waals surface area contributed by atoms with Crippen molar-refractivity contribution in [2.75, 3.05) is 18.4 Å². The van der Waals surface area contributed by atoms with Gasteiger partial charge in [0.15, 0.2) is 0 Å². The number of hydrogen-bond donors (Lipinski definition) is 1. The molecule has 0 saturated heterocycles. The fourth-order valence-electron chi connectivity index (χ4n) is 2.94. The number of rotatable bonds is 9. The van der Waals surface area contributed by atoms with Gasteiger partial charge < -0.3 is 14.2 Å². The Morgan fingerprint density at radius 2 is 1.53 bits per heavy atom. The molecule has 0 amide bonds. The average molecular weight is 548 g/mol. The lowest BCUT2D eigenvalue weighted by Gasteiger charge is -2.13. The number of sulfonamides is 1. The summed E-state index contributed by atoms with van der Waals surface area (Å²) in [5, 5.41) is 0. The Morgan fingerprint density at radius 3 is 2.15 bits per heavy atom. The fourth-order valence-corrected chi connectivity index (χ4v) is 4.68. The molecule has 0 aliphatic rings. The van der Waals surface area contributed by atoms with E-state index in [0.717, 1.165) is 0 Å². The van der Waals surface area contributed by atoms with Crippen LogP contribution in [0.5, 0.6) is 5.75 Å². The molecule has 34 heavy (non-hydrogen) atoms. The van der Waals surface area contributed by atoms with Gasteiger partial charge in [-0.05, 0) is 67.1 Å². The van der Waals surface area contributed by atoms with Crippen LogP contribution in [0.15, 0.2) is 76.1 Å². The van der Waals surface area contributed by atoms with Crippen molar-refractivity contribution in [2.24, 2.45) is 0 Å². The molecule has 0 fully saturated rings. The van der Waals surface area contributed by atoms with E-state index in [4.69, 9.17) is 9.47 Å². The van der Waals surface area contributed by atoms with E-state index in [2.05, 4.69) is 25.4 Å². The maximum absolute atomic E-state index is 12.9. The van der Waals surface area contributed by atoms with Crippen molar-refractivity contribution in [3.63, 3.8) is 0 Å². The van der Waals surface area contributed by atoms with Crippen molar-refractivity contribution >= 4 is 43.6 Å². The molecule has 8 nitrogen and oxygen atoms in total. The summed E-state index contributed by atoms with van der Waals surface area (Å²) in [4.78, 5) is 23.8. The molecule has 3 rings (SSSR count). The maximum atomic E-state index is 12.9. The van der Waals surface area contributed by atoms with E-state index in [1.165, 1.54) is 37.4 Å². The topological polar surface area (TPSA) is 108 Å². The molecule has 0 saturated carbocycles. The van der Waals surface area contributed by atoms with E-state index in [1.807, 2.05) is 0 Å². The van der Waals surface area contributed by atoms with Crippen LogP contribution in [-0.2, 0) is 26.1 Å². The van der Waals surface area contributed by atoms with Crippen LogP contribution in [0.2, 0.25) is 0 Å². The lowest BCUT2D eigenvalue weighted by atomic mass is 10.1. The van der Waals surface area contributed by atoms with Crippen molar-refractivity contribution in [3.8, 4) is 5.75 Å². The first kappa shape index (κ1) is 25.3. The third-order valence-electron chi connectivity index (χ3n) is 4.61. The number of ether oxygens (including phenoxy) is 3. The van der Waals surface area contributed by atoms with Gasteiger partial charge in [-0.25, -0.2) is 18.0 Å². The third-order valence-corrected chi connectivity index (χ3v) is 6.51. The smallest absolute Gasteiger partial charge is 0.338 e. The predicted molar refractivity (Wildman–Crippen MR) is 129 cm³/mol. The predicted octanol–water partition coefficient (Wildman–Crippen LogP) is 4.79. The highest BCUT2D eigenvalue weighted by Gasteiger charge is 2.21. The zero-order valence-electron chi connectivity index (χ0n) is 18.4. The summed E-state index contributed by atoms with van der Waals surface area (Å²) in [6.07, 6.45) is 0. The highest BCUT2D eigenvalue weighted by atomic mass is 79.9. The van der Waals surface area contributed by atoms with E-state index < -0.39 is 22.0 Å². The van der Waals surface area contributed by atoms with Crippen molar-refractivity contribution in [3.05, 3.63) is 87.9 Å². The van der Waals surface area contributed by atoms with Crippen LogP contribution in [-0.4, -0.2) is 34.1 Å². The second-order valence-corrected chi connectivity index (χ2v) is 9.54. The molecule has 3 aromatic carbocycles. The van der Waals surface area contributed by atoms with Gasteiger partial charge in [-0.15, -0.1) is 0 Å². The molecular formula is C24H22BrNO7S. The summed E-state index contributed by atoms with van der Waals surface area (Å²) < 4.78 is 44.2. The largest absolute Gasteiger partial charge is 0.492 e. The Morgan fingerprint density at radius 1 is 0.912 bits per heavy atom. The number of carbonyl (C=O) groups excluding carboxylic acids is 2. The summed E-state index contributed by atoms with van der Waals surface area (Å²) in [5.74, 6) is -0.789. The molecule has 10 heteroatoms. The molecule has 0 atom stereocenters. The Balaban J connectivity index is 1.65. The zero-order valence-corrected chi connectivity index (χ0v) is 20.8. The van der Waals surface area contributed by atoms with Crippen molar-refractivity contribution in [1.29, 1.82) is 0 Å². The molecule has 1 N–H and O–H groups in total. The maximum Gasteiger partial charge on any atom is 0.338 e. The first-order valence-electron chi connectivity index (χ1n) is 10.1. The van der Waals surface area contributed by atoms with Crippen molar-refractivity contribution in [2.45, 2.75) is 18.4 Å². The van der Waals surface area contributed by atoms with E-state index in [9.17, 15) is 18.0 Å². The minimum absolute atomic E-state index is 0.00886. The standard InChI is InChI=1S/C24H22BrNO7S/c1-3-32-21-13-10-19(25)14-22(21)34(29,30)26-20-11-8-18(9-12-20)24(28)33-15-16-4-6-17(7-5-16)23(27)31-2/h4-14,26H,3,15H2,1-2H3. The summed E-state index contributed by atoms with van der Waals surface area (Å²) in [5.41, 5.74) is 1.63. The first-order chi connectivity index (χ1) is 16.2. The monoisotopic (exact) mass is 547 g/mol. The molecule has 0 radical (unpaired) electrons. The fraction of sp³-hybridized carbons (Fsp3) is 0.167. The molecular weight excluding hydrogens is 526 g/mol. The lowest BCUT2D eigenvalue weighted by Crippen LogP contribution is -2.15. The summed E-state index contributed by atoms with van der Waals surface area (Å²) in [7, 11) is -2.64. The van der Waals surface area contributed by atoms with Crippen molar-refractivity contribution in [1.82, 2.24) is 0 Å². The van der Waals surface area contributed by atoms with Gasteiger partial charge in [-0.2, -0.15) is 0 Å². The van der Waals surface area contributed by atoms with Gasteiger partial charge in [0, 0.05) is 10.2 Å². The number of benzene rings is 3. The van der Waals surface area contributed by atoms with Gasteiger partial charge in [0.1, 0.15) is 17.3 Å². The van der Waals surface area contributed by atoms with Gasteiger partial charge in [0.25, 0.3) is 10.0 Å². The van der Waals surface area contributed by atoms with E-state index in [0.29, 0.717) is 22.2 Å². The van der Waals surface area contributed by atoms with Crippen LogP contribution in [0, 0.1) is 0 Å². The number of anilines is 1. The normalized spacial score (nSPS) is 10.9. The van der Waals surface area contributed by atoms with Crippen LogP contribution < -0.4 is 9.46 Å². The lowest BCUT2D eigenvalue weighted by molar-refractivity contribution is 0.0471. The van der Waals surface area contributed by atoms with Crippen LogP contribution in [0.4, 0.5) is 5.69 Å². The first-order valence-corrected chi connectivity index (χ1v) is 12.4. The van der Waals surface area contributed by atoms with Crippen LogP contribution >= 0.6 is 15.9 Å². The molecule has 0 heterocycles. The number of esters is 2. The minimum Gasteiger partial charge on any atom is -0.492 e. The van der Waals surface area contributed by atoms with Gasteiger partial charge >= 0.3 is 11.9 Å². The summed E-state index contributed by atoms with van der Waals surface area (Å²) >= 11 is 3.28. The third kappa shape index (κ3) is 6.36. The highest BCUT2D eigenvalue weighted by molar-refractivity contribution is 9.10. The molecule has 178 valence electrons. The Kier molecular flexibility index (Phi) is 8.30. The summed E-state index contributed by atoms with van der Waals surface area (Å²) in [6, 6.07) is 17.1. The van der Waals surface area contributed by atoms with Crippen LogP contribution in [0.1, 0.15) is 33.2 Å². The molecule has 0 spiro atoms. The SMILES string of the molecule is CCOc1ccc(Br)cc1S(=O)(=O)Nc1ccc(C(=O)OCc2ccc(C(=O)OC)cc2)cc1. The molecule has 3 aromatic rings. The molecule has 0 aliphatic heterocycles. The number of hydrogen-bond acceptors (Lipinski definition) is 7. The molecule has 0 bridgehead atoms. The van der Waals surface area contributed by atoms with E-state index in [-0.39, 0.29) is 28.5 Å². The highest BCUT2D eigenvalue weighted by Crippen LogP contribution is 2.29. The Hall–Kier alpha value is -3.37. The Labute approximate surface area is 206 Å². The molecule has 0 unspecified atom stereocenters. The summed E-state index contributed by atoms with van der Waals surface area (Å²) in [6.45, 7) is 2.09. The Bertz CT molecular complexity index is 1270.